The van der Waals surface area contributed by atoms with Crippen LogP contribution in [-0.4, -0.2) is 66.8 Å². The molecule has 5 heteroatoms. The molecule has 0 bridgehead atoms. The van der Waals surface area contributed by atoms with Gasteiger partial charge in [-0.2, -0.15) is 0 Å². The summed E-state index contributed by atoms with van der Waals surface area (Å²) >= 11 is 0. The number of hydrogen-bond donors (Lipinski definition) is 1. The summed E-state index contributed by atoms with van der Waals surface area (Å²) in [5.74, 6) is 1.02. The number of amides is 1. The van der Waals surface area contributed by atoms with Crippen LogP contribution in [0, 0.1) is 0 Å². The summed E-state index contributed by atoms with van der Waals surface area (Å²) in [4.78, 5) is 16.3. The normalized spacial score (nSPS) is 18.5. The third-order valence-electron chi connectivity index (χ3n) is 4.23. The van der Waals surface area contributed by atoms with Crippen molar-refractivity contribution in [2.75, 3.05) is 45.9 Å². The van der Waals surface area contributed by atoms with E-state index < -0.39 is 0 Å². The maximum Gasteiger partial charge on any atom is 0.246 e. The van der Waals surface area contributed by atoms with Crippen molar-refractivity contribution in [3.63, 3.8) is 0 Å². The molecule has 118 valence electrons. The molecule has 1 fully saturated rings. The summed E-state index contributed by atoms with van der Waals surface area (Å²) < 4.78 is 5.48. The van der Waals surface area contributed by atoms with Gasteiger partial charge in [0, 0.05) is 45.2 Å². The molecule has 1 amide bonds. The summed E-state index contributed by atoms with van der Waals surface area (Å²) in [5, 5.41) is 8.93. The first-order chi connectivity index (χ1) is 10.8. The minimum Gasteiger partial charge on any atom is -0.493 e. The number of β-amino-alcohol motifs (C(OH)–C–C–N with tert-alkyl or cyclic N) is 1. The van der Waals surface area contributed by atoms with Crippen LogP contribution in [0.4, 0.5) is 0 Å². The first-order valence-electron chi connectivity index (χ1n) is 7.82. The van der Waals surface area contributed by atoms with Crippen LogP contribution in [0.5, 0.6) is 5.75 Å². The lowest BCUT2D eigenvalue weighted by atomic mass is 10.1. The molecule has 3 rings (SSSR count). The molecule has 1 saturated heterocycles. The minimum atomic E-state index is 0.0559. The zero-order valence-electron chi connectivity index (χ0n) is 12.7. The van der Waals surface area contributed by atoms with Gasteiger partial charge in [-0.05, 0) is 29.3 Å². The number of hydrogen-bond acceptors (Lipinski definition) is 4. The van der Waals surface area contributed by atoms with Gasteiger partial charge in [0.25, 0.3) is 0 Å². The molecule has 1 N–H and O–H groups in total. The molecule has 2 aliphatic rings. The van der Waals surface area contributed by atoms with E-state index in [2.05, 4.69) is 11.0 Å². The first kappa shape index (κ1) is 15.1. The van der Waals surface area contributed by atoms with Gasteiger partial charge in [0.2, 0.25) is 5.91 Å². The van der Waals surface area contributed by atoms with Gasteiger partial charge in [-0.3, -0.25) is 9.69 Å². The number of carbonyl (C=O) groups excluding carboxylic acids is 1. The predicted molar refractivity (Wildman–Crippen MR) is 84.8 cm³/mol. The molecular formula is C17H22N2O3. The van der Waals surface area contributed by atoms with Crippen molar-refractivity contribution in [3.8, 4) is 5.75 Å². The molecule has 22 heavy (non-hydrogen) atoms. The second kappa shape index (κ2) is 6.94. The van der Waals surface area contributed by atoms with Crippen molar-refractivity contribution in [3.05, 3.63) is 35.4 Å². The highest BCUT2D eigenvalue weighted by molar-refractivity contribution is 5.91. The van der Waals surface area contributed by atoms with Crippen LogP contribution in [0.15, 0.2) is 24.3 Å². The molecule has 0 radical (unpaired) electrons. The highest BCUT2D eigenvalue weighted by atomic mass is 16.5. The number of nitrogens with zero attached hydrogens (tertiary/aromatic N) is 2. The van der Waals surface area contributed by atoms with E-state index in [0.717, 1.165) is 50.5 Å². The Morgan fingerprint density at radius 1 is 1.27 bits per heavy atom. The van der Waals surface area contributed by atoms with Gasteiger partial charge in [0.1, 0.15) is 5.75 Å². The fourth-order valence-electron chi connectivity index (χ4n) is 2.92. The lowest BCUT2D eigenvalue weighted by Crippen LogP contribution is -2.48. The van der Waals surface area contributed by atoms with Gasteiger partial charge in [0.05, 0.1) is 13.2 Å². The monoisotopic (exact) mass is 302 g/mol. The van der Waals surface area contributed by atoms with Gasteiger partial charge in [-0.25, -0.2) is 0 Å². The van der Waals surface area contributed by atoms with Crippen LogP contribution < -0.4 is 4.74 Å². The molecule has 1 aromatic rings. The van der Waals surface area contributed by atoms with E-state index in [4.69, 9.17) is 9.84 Å². The predicted octanol–water partition coefficient (Wildman–Crippen LogP) is 0.771. The Labute approximate surface area is 130 Å². The smallest absolute Gasteiger partial charge is 0.246 e. The SMILES string of the molecule is O=C(C=Cc1ccc2c(c1)CCO2)N1CCN(CCO)CC1. The van der Waals surface area contributed by atoms with E-state index in [1.807, 2.05) is 23.1 Å². The largest absolute Gasteiger partial charge is 0.493 e. The number of benzene rings is 1. The summed E-state index contributed by atoms with van der Waals surface area (Å²) in [6, 6.07) is 6.04. The van der Waals surface area contributed by atoms with Crippen LogP contribution >= 0.6 is 0 Å². The van der Waals surface area contributed by atoms with Gasteiger partial charge in [-0.1, -0.05) is 6.07 Å². The molecule has 2 heterocycles. The fourth-order valence-corrected chi connectivity index (χ4v) is 2.92. The van der Waals surface area contributed by atoms with E-state index >= 15 is 0 Å². The van der Waals surface area contributed by atoms with Crippen LogP contribution in [0.25, 0.3) is 6.08 Å². The standard InChI is InChI=1S/C17H22N2O3/c20-11-10-18-6-8-19(9-7-18)17(21)4-2-14-1-3-16-15(13-14)5-12-22-16/h1-4,13,20H,5-12H2. The molecule has 0 unspecified atom stereocenters. The second-order valence-electron chi connectivity index (χ2n) is 5.69. The molecule has 2 aliphatic heterocycles. The molecule has 0 aromatic heterocycles. The number of aliphatic hydroxyl groups is 1. The molecule has 1 aromatic carbocycles. The van der Waals surface area contributed by atoms with Crippen LogP contribution in [0.2, 0.25) is 0 Å². The van der Waals surface area contributed by atoms with Crippen LogP contribution in [-0.2, 0) is 11.2 Å². The Kier molecular flexibility index (Phi) is 4.75. The second-order valence-corrected chi connectivity index (χ2v) is 5.69. The number of rotatable bonds is 4. The van der Waals surface area contributed by atoms with E-state index in [-0.39, 0.29) is 12.5 Å². The maximum atomic E-state index is 12.2. The van der Waals surface area contributed by atoms with E-state index in [9.17, 15) is 4.79 Å². The van der Waals surface area contributed by atoms with Crippen LogP contribution in [0.1, 0.15) is 11.1 Å². The Morgan fingerprint density at radius 2 is 2.09 bits per heavy atom. The number of piperazine rings is 1. The minimum absolute atomic E-state index is 0.0559. The Morgan fingerprint density at radius 3 is 2.86 bits per heavy atom. The molecular weight excluding hydrogens is 280 g/mol. The fraction of sp³-hybridized carbons (Fsp3) is 0.471. The number of aliphatic hydroxyl groups excluding tert-OH is 1. The van der Waals surface area contributed by atoms with Crippen molar-refractivity contribution in [1.82, 2.24) is 9.80 Å². The van der Waals surface area contributed by atoms with Gasteiger partial charge in [0.15, 0.2) is 0 Å². The lowest BCUT2D eigenvalue weighted by molar-refractivity contribution is -0.127. The number of fused-ring (bicyclic) bond motifs is 1. The average molecular weight is 302 g/mol. The van der Waals surface area contributed by atoms with Crippen LogP contribution in [0.3, 0.4) is 0 Å². The molecule has 0 spiro atoms. The quantitative estimate of drug-likeness (QED) is 0.835. The maximum absolute atomic E-state index is 12.2. The first-order valence-corrected chi connectivity index (χ1v) is 7.82. The number of carbonyl (C=O) groups is 1. The summed E-state index contributed by atoms with van der Waals surface area (Å²) in [7, 11) is 0. The summed E-state index contributed by atoms with van der Waals surface area (Å²) in [6.07, 6.45) is 4.47. The third-order valence-corrected chi connectivity index (χ3v) is 4.23. The van der Waals surface area contributed by atoms with Gasteiger partial charge >= 0.3 is 0 Å². The highest BCUT2D eigenvalue weighted by Crippen LogP contribution is 2.26. The third kappa shape index (κ3) is 3.48. The average Bonchev–Trinajstić information content (AvgIpc) is 3.01. The van der Waals surface area contributed by atoms with E-state index in [1.54, 1.807) is 6.08 Å². The zero-order chi connectivity index (χ0) is 15.4. The van der Waals surface area contributed by atoms with Crippen molar-refractivity contribution in [2.24, 2.45) is 0 Å². The van der Waals surface area contributed by atoms with Crippen molar-refractivity contribution in [2.45, 2.75) is 6.42 Å². The lowest BCUT2D eigenvalue weighted by Gasteiger charge is -2.33. The Bertz CT molecular complexity index is 563. The summed E-state index contributed by atoms with van der Waals surface area (Å²) in [5.41, 5.74) is 2.25. The van der Waals surface area contributed by atoms with E-state index in [0.29, 0.717) is 6.54 Å². The molecule has 0 atom stereocenters. The molecule has 0 saturated carbocycles. The van der Waals surface area contributed by atoms with Gasteiger partial charge < -0.3 is 14.7 Å². The molecule has 5 nitrogen and oxygen atoms in total. The van der Waals surface area contributed by atoms with Crippen molar-refractivity contribution in [1.29, 1.82) is 0 Å². The molecule has 0 aliphatic carbocycles. The van der Waals surface area contributed by atoms with Crippen molar-refractivity contribution < 1.29 is 14.6 Å². The van der Waals surface area contributed by atoms with Crippen molar-refractivity contribution >= 4 is 12.0 Å². The number of ether oxygens (including phenoxy) is 1. The Balaban J connectivity index is 1.55. The summed E-state index contributed by atoms with van der Waals surface area (Å²) in [6.45, 7) is 4.72. The van der Waals surface area contributed by atoms with E-state index in [1.165, 1.54) is 5.56 Å². The zero-order valence-corrected chi connectivity index (χ0v) is 12.7. The topological polar surface area (TPSA) is 53.0 Å². The highest BCUT2D eigenvalue weighted by Gasteiger charge is 2.19. The van der Waals surface area contributed by atoms with Gasteiger partial charge in [-0.15, -0.1) is 0 Å². The Hall–Kier alpha value is -1.85.